The fourth-order valence-electron chi connectivity index (χ4n) is 3.41. The highest BCUT2D eigenvalue weighted by molar-refractivity contribution is 5.53. The van der Waals surface area contributed by atoms with Crippen LogP contribution in [0.2, 0.25) is 0 Å². The summed E-state index contributed by atoms with van der Waals surface area (Å²) in [6.07, 6.45) is 4.89. The Kier molecular flexibility index (Phi) is 4.67. The van der Waals surface area contributed by atoms with E-state index in [9.17, 15) is 15.3 Å². The fourth-order valence-corrected chi connectivity index (χ4v) is 3.41. The molecule has 4 nitrogen and oxygen atoms in total. The van der Waals surface area contributed by atoms with Gasteiger partial charge in [0.05, 0.1) is 0 Å². The predicted octanol–water partition coefficient (Wildman–Crippen LogP) is 3.50. The standard InChI is InChI=1S/C17H27NO3/c1-17(2,3)12-6-4-5-7-13(12)18-10-11-8-9-14(19)16(21)15(11)20/h8-9,12-13,18-21H,4-7,10H2,1-3H3. The van der Waals surface area contributed by atoms with Crippen LogP contribution < -0.4 is 5.32 Å². The summed E-state index contributed by atoms with van der Waals surface area (Å²) in [6.45, 7) is 7.33. The highest BCUT2D eigenvalue weighted by atomic mass is 16.3. The van der Waals surface area contributed by atoms with Crippen molar-refractivity contribution in [1.82, 2.24) is 5.32 Å². The third-order valence-electron chi connectivity index (χ3n) is 4.65. The van der Waals surface area contributed by atoms with Gasteiger partial charge in [0, 0.05) is 18.2 Å². The molecular weight excluding hydrogens is 266 g/mol. The summed E-state index contributed by atoms with van der Waals surface area (Å²) >= 11 is 0. The maximum Gasteiger partial charge on any atom is 0.200 e. The van der Waals surface area contributed by atoms with Gasteiger partial charge < -0.3 is 20.6 Å². The normalized spacial score (nSPS) is 23.2. The molecule has 21 heavy (non-hydrogen) atoms. The van der Waals surface area contributed by atoms with E-state index in [1.807, 2.05) is 0 Å². The minimum absolute atomic E-state index is 0.231. The Bertz CT molecular complexity index is 494. The van der Waals surface area contributed by atoms with E-state index in [4.69, 9.17) is 0 Å². The van der Waals surface area contributed by atoms with E-state index in [0.717, 1.165) is 6.42 Å². The quantitative estimate of drug-likeness (QED) is 0.644. The first-order valence-corrected chi connectivity index (χ1v) is 7.77. The van der Waals surface area contributed by atoms with Crippen molar-refractivity contribution in [3.63, 3.8) is 0 Å². The Morgan fingerprint density at radius 3 is 2.38 bits per heavy atom. The topological polar surface area (TPSA) is 72.7 Å². The average Bonchev–Trinajstić information content (AvgIpc) is 2.43. The lowest BCUT2D eigenvalue weighted by molar-refractivity contribution is 0.130. The molecule has 0 aromatic heterocycles. The molecule has 0 spiro atoms. The van der Waals surface area contributed by atoms with Crippen molar-refractivity contribution in [2.24, 2.45) is 11.3 Å². The van der Waals surface area contributed by atoms with Crippen molar-refractivity contribution < 1.29 is 15.3 Å². The second kappa shape index (κ2) is 6.14. The smallest absolute Gasteiger partial charge is 0.200 e. The molecule has 4 heteroatoms. The number of nitrogens with one attached hydrogen (secondary N) is 1. The van der Waals surface area contributed by atoms with Crippen molar-refractivity contribution in [2.45, 2.75) is 59.0 Å². The summed E-state index contributed by atoms with van der Waals surface area (Å²) in [5, 5.41) is 32.4. The van der Waals surface area contributed by atoms with E-state index in [1.165, 1.54) is 25.3 Å². The van der Waals surface area contributed by atoms with Gasteiger partial charge in [-0.2, -0.15) is 0 Å². The Morgan fingerprint density at radius 2 is 1.71 bits per heavy atom. The summed E-state index contributed by atoms with van der Waals surface area (Å²) in [7, 11) is 0. The van der Waals surface area contributed by atoms with Gasteiger partial charge in [0.2, 0.25) is 5.75 Å². The Morgan fingerprint density at radius 1 is 1.05 bits per heavy atom. The van der Waals surface area contributed by atoms with Crippen LogP contribution in [0.25, 0.3) is 0 Å². The summed E-state index contributed by atoms with van der Waals surface area (Å²) in [4.78, 5) is 0. The first-order valence-electron chi connectivity index (χ1n) is 7.77. The Labute approximate surface area is 126 Å². The highest BCUT2D eigenvalue weighted by Crippen LogP contribution is 2.39. The van der Waals surface area contributed by atoms with Gasteiger partial charge in [0.1, 0.15) is 0 Å². The highest BCUT2D eigenvalue weighted by Gasteiger charge is 2.33. The zero-order valence-electron chi connectivity index (χ0n) is 13.2. The van der Waals surface area contributed by atoms with Gasteiger partial charge in [-0.25, -0.2) is 0 Å². The first-order chi connectivity index (χ1) is 9.80. The fraction of sp³-hybridized carbons (Fsp3) is 0.647. The predicted molar refractivity (Wildman–Crippen MR) is 83.5 cm³/mol. The summed E-state index contributed by atoms with van der Waals surface area (Å²) < 4.78 is 0. The second-order valence-corrected chi connectivity index (χ2v) is 7.19. The minimum Gasteiger partial charge on any atom is -0.504 e. The van der Waals surface area contributed by atoms with E-state index >= 15 is 0 Å². The van der Waals surface area contributed by atoms with Crippen LogP contribution in [0.4, 0.5) is 0 Å². The van der Waals surface area contributed by atoms with E-state index in [2.05, 4.69) is 26.1 Å². The maximum absolute atomic E-state index is 9.88. The molecule has 1 aromatic rings. The van der Waals surface area contributed by atoms with E-state index < -0.39 is 5.75 Å². The largest absolute Gasteiger partial charge is 0.504 e. The Balaban J connectivity index is 2.06. The molecule has 1 aliphatic carbocycles. The molecular formula is C17H27NO3. The van der Waals surface area contributed by atoms with Crippen molar-refractivity contribution in [1.29, 1.82) is 0 Å². The lowest BCUT2D eigenvalue weighted by Gasteiger charge is -2.41. The molecule has 2 rings (SSSR count). The molecule has 2 atom stereocenters. The van der Waals surface area contributed by atoms with Crippen LogP contribution in [0.5, 0.6) is 17.2 Å². The third-order valence-corrected chi connectivity index (χ3v) is 4.65. The van der Waals surface area contributed by atoms with E-state index in [1.54, 1.807) is 6.07 Å². The number of hydrogen-bond acceptors (Lipinski definition) is 4. The van der Waals surface area contributed by atoms with Gasteiger partial charge in [-0.15, -0.1) is 0 Å². The molecule has 2 unspecified atom stereocenters. The zero-order valence-corrected chi connectivity index (χ0v) is 13.2. The molecule has 1 fully saturated rings. The van der Waals surface area contributed by atoms with Crippen molar-refractivity contribution in [2.75, 3.05) is 0 Å². The molecule has 0 radical (unpaired) electrons. The molecule has 4 N–H and O–H groups in total. The lowest BCUT2D eigenvalue weighted by atomic mass is 9.69. The van der Waals surface area contributed by atoms with Gasteiger partial charge >= 0.3 is 0 Å². The van der Waals surface area contributed by atoms with Gasteiger partial charge in [0.15, 0.2) is 11.5 Å². The number of phenols is 3. The molecule has 1 aromatic carbocycles. The van der Waals surface area contributed by atoms with Gasteiger partial charge in [0.25, 0.3) is 0 Å². The number of aromatic hydroxyl groups is 3. The lowest BCUT2D eigenvalue weighted by Crippen LogP contribution is -2.43. The number of benzene rings is 1. The molecule has 1 saturated carbocycles. The SMILES string of the molecule is CC(C)(C)C1CCCCC1NCc1ccc(O)c(O)c1O. The van der Waals surface area contributed by atoms with Gasteiger partial charge in [-0.3, -0.25) is 0 Å². The van der Waals surface area contributed by atoms with E-state index in [0.29, 0.717) is 24.1 Å². The van der Waals surface area contributed by atoms with Crippen LogP contribution in [-0.4, -0.2) is 21.4 Å². The van der Waals surface area contributed by atoms with Crippen LogP contribution in [0.15, 0.2) is 12.1 Å². The molecule has 0 saturated heterocycles. The molecule has 0 heterocycles. The van der Waals surface area contributed by atoms with Gasteiger partial charge in [-0.05, 0) is 30.2 Å². The first kappa shape index (κ1) is 16.0. The number of phenolic OH excluding ortho intramolecular Hbond substituents is 3. The minimum atomic E-state index is -0.440. The molecule has 0 aliphatic heterocycles. The number of rotatable bonds is 3. The maximum atomic E-state index is 9.88. The zero-order chi connectivity index (χ0) is 15.6. The number of hydrogen-bond donors (Lipinski definition) is 4. The van der Waals surface area contributed by atoms with Gasteiger partial charge in [-0.1, -0.05) is 39.7 Å². The van der Waals surface area contributed by atoms with Crippen molar-refractivity contribution in [3.05, 3.63) is 17.7 Å². The summed E-state index contributed by atoms with van der Waals surface area (Å²) in [6, 6.07) is 3.48. The molecule has 0 bridgehead atoms. The van der Waals surface area contributed by atoms with Crippen LogP contribution in [0.3, 0.4) is 0 Å². The van der Waals surface area contributed by atoms with Crippen molar-refractivity contribution in [3.8, 4) is 17.2 Å². The molecule has 1 aliphatic rings. The van der Waals surface area contributed by atoms with Crippen LogP contribution in [0, 0.1) is 11.3 Å². The molecule has 118 valence electrons. The monoisotopic (exact) mass is 293 g/mol. The second-order valence-electron chi connectivity index (χ2n) is 7.19. The van der Waals surface area contributed by atoms with Crippen LogP contribution in [0.1, 0.15) is 52.0 Å². The molecule has 0 amide bonds. The average molecular weight is 293 g/mol. The van der Waals surface area contributed by atoms with Crippen LogP contribution in [-0.2, 0) is 6.54 Å². The Hall–Kier alpha value is -1.42. The van der Waals surface area contributed by atoms with Crippen molar-refractivity contribution >= 4 is 0 Å². The van der Waals surface area contributed by atoms with Crippen LogP contribution >= 0.6 is 0 Å². The van der Waals surface area contributed by atoms with E-state index in [-0.39, 0.29) is 16.9 Å². The summed E-state index contributed by atoms with van der Waals surface area (Å²) in [5.41, 5.74) is 0.876. The third kappa shape index (κ3) is 3.62. The summed E-state index contributed by atoms with van der Waals surface area (Å²) in [5.74, 6) is -0.350.